The van der Waals surface area contributed by atoms with Crippen LogP contribution in [0.3, 0.4) is 0 Å². The zero-order valence-corrected chi connectivity index (χ0v) is 9.43. The van der Waals surface area contributed by atoms with Crippen LogP contribution in [0.2, 0.25) is 0 Å². The van der Waals surface area contributed by atoms with Gasteiger partial charge in [0, 0.05) is 6.61 Å². The molecule has 1 fully saturated rings. The molecule has 0 aliphatic carbocycles. The maximum atomic E-state index is 13.9. The number of carbonyl (C=O) groups is 1. The maximum absolute atomic E-state index is 13.9. The average molecular weight is 238 g/mol. The van der Waals surface area contributed by atoms with Gasteiger partial charge in [0.25, 0.3) is 0 Å². The minimum absolute atomic E-state index is 0.126. The molecule has 4 heteroatoms. The van der Waals surface area contributed by atoms with Gasteiger partial charge in [-0.05, 0) is 18.4 Å². The summed E-state index contributed by atoms with van der Waals surface area (Å²) in [7, 11) is 0. The zero-order chi connectivity index (χ0) is 12.3. The van der Waals surface area contributed by atoms with Gasteiger partial charge in [0.1, 0.15) is 11.6 Å². The van der Waals surface area contributed by atoms with Crippen LogP contribution >= 0.6 is 0 Å². The summed E-state index contributed by atoms with van der Waals surface area (Å²) in [6.45, 7) is 0.179. The molecule has 2 atom stereocenters. The normalized spacial score (nSPS) is 28.9. The molecule has 1 heterocycles. The Labute approximate surface area is 99.2 Å². The van der Waals surface area contributed by atoms with Crippen LogP contribution < -0.4 is 0 Å². The molecular weight excluding hydrogens is 223 g/mol. The van der Waals surface area contributed by atoms with Crippen molar-refractivity contribution in [2.24, 2.45) is 5.41 Å². The molecule has 1 aliphatic rings. The van der Waals surface area contributed by atoms with Gasteiger partial charge in [-0.3, -0.25) is 4.79 Å². The van der Waals surface area contributed by atoms with Crippen molar-refractivity contribution in [3.8, 4) is 0 Å². The summed E-state index contributed by atoms with van der Waals surface area (Å²) in [5.41, 5.74) is -0.487. The van der Waals surface area contributed by atoms with Crippen LogP contribution in [-0.2, 0) is 16.0 Å². The SMILES string of the molecule is O=C(O)C1(Cc2ccccc2)CCOCC1F. The lowest BCUT2D eigenvalue weighted by Gasteiger charge is -2.36. The van der Waals surface area contributed by atoms with Crippen molar-refractivity contribution < 1.29 is 19.0 Å². The first kappa shape index (κ1) is 12.0. The summed E-state index contributed by atoms with van der Waals surface area (Å²) in [5, 5.41) is 9.32. The fourth-order valence-corrected chi connectivity index (χ4v) is 2.23. The number of rotatable bonds is 3. The Morgan fingerprint density at radius 1 is 1.47 bits per heavy atom. The molecule has 0 radical (unpaired) electrons. The van der Waals surface area contributed by atoms with Gasteiger partial charge in [0.05, 0.1) is 6.61 Å². The van der Waals surface area contributed by atoms with Crippen LogP contribution in [0.1, 0.15) is 12.0 Å². The predicted octanol–water partition coefficient (Wildman–Crippen LogP) is 2.06. The monoisotopic (exact) mass is 238 g/mol. The summed E-state index contributed by atoms with van der Waals surface area (Å²) < 4.78 is 18.9. The lowest BCUT2D eigenvalue weighted by Crippen LogP contribution is -2.48. The molecule has 3 nitrogen and oxygen atoms in total. The van der Waals surface area contributed by atoms with Crippen LogP contribution in [0.25, 0.3) is 0 Å². The third-order valence-corrected chi connectivity index (χ3v) is 3.34. The number of benzene rings is 1. The standard InChI is InChI=1S/C13H15FO3/c14-11-9-17-7-6-13(11,12(15)16)8-10-4-2-1-3-5-10/h1-5,11H,6-9H2,(H,15,16). The molecule has 17 heavy (non-hydrogen) atoms. The molecule has 0 saturated carbocycles. The van der Waals surface area contributed by atoms with E-state index in [4.69, 9.17) is 4.74 Å². The van der Waals surface area contributed by atoms with Gasteiger partial charge in [-0.1, -0.05) is 30.3 Å². The molecule has 0 aromatic heterocycles. The third kappa shape index (κ3) is 2.31. The van der Waals surface area contributed by atoms with Crippen LogP contribution in [0.15, 0.2) is 30.3 Å². The minimum atomic E-state index is -1.45. The van der Waals surface area contributed by atoms with E-state index in [2.05, 4.69) is 0 Å². The number of ether oxygens (including phenoxy) is 1. The third-order valence-electron chi connectivity index (χ3n) is 3.34. The van der Waals surface area contributed by atoms with Gasteiger partial charge in [-0.25, -0.2) is 4.39 Å². The van der Waals surface area contributed by atoms with E-state index in [1.807, 2.05) is 30.3 Å². The van der Waals surface area contributed by atoms with Gasteiger partial charge in [0.15, 0.2) is 0 Å². The van der Waals surface area contributed by atoms with Gasteiger partial charge in [0.2, 0.25) is 0 Å². The number of aliphatic carboxylic acids is 1. The summed E-state index contributed by atoms with van der Waals surface area (Å²) in [6.07, 6.45) is -1.01. The Hall–Kier alpha value is -1.42. The van der Waals surface area contributed by atoms with E-state index in [0.717, 1.165) is 5.56 Å². The lowest BCUT2D eigenvalue weighted by atomic mass is 9.74. The van der Waals surface area contributed by atoms with E-state index in [1.54, 1.807) is 0 Å². The summed E-state index contributed by atoms with van der Waals surface area (Å²) in [4.78, 5) is 11.4. The van der Waals surface area contributed by atoms with Crippen LogP contribution in [0.4, 0.5) is 4.39 Å². The molecule has 2 unspecified atom stereocenters. The number of hydrogen-bond acceptors (Lipinski definition) is 2. The summed E-state index contributed by atoms with van der Waals surface area (Å²) >= 11 is 0. The van der Waals surface area contributed by atoms with Crippen LogP contribution in [0, 0.1) is 5.41 Å². The first-order valence-electron chi connectivity index (χ1n) is 5.64. The van der Waals surface area contributed by atoms with Crippen molar-refractivity contribution >= 4 is 5.97 Å². The minimum Gasteiger partial charge on any atom is -0.481 e. The second-order valence-corrected chi connectivity index (χ2v) is 4.42. The number of carboxylic acid groups (broad SMARTS) is 1. The number of alkyl halides is 1. The van der Waals surface area contributed by atoms with E-state index in [9.17, 15) is 14.3 Å². The predicted molar refractivity (Wildman–Crippen MR) is 60.5 cm³/mol. The van der Waals surface area contributed by atoms with E-state index in [0.29, 0.717) is 6.61 Å². The number of hydrogen-bond donors (Lipinski definition) is 1. The molecular formula is C13H15FO3. The summed E-state index contributed by atoms with van der Waals surface area (Å²) in [5.74, 6) is -1.07. The zero-order valence-electron chi connectivity index (χ0n) is 9.43. The second kappa shape index (κ2) is 4.84. The van der Waals surface area contributed by atoms with Crippen LogP contribution in [-0.4, -0.2) is 30.5 Å². The Bertz CT molecular complexity index is 393. The van der Waals surface area contributed by atoms with Gasteiger partial charge in [-0.15, -0.1) is 0 Å². The average Bonchev–Trinajstić information content (AvgIpc) is 2.33. The molecule has 1 aromatic rings. The molecule has 0 bridgehead atoms. The van der Waals surface area contributed by atoms with E-state index < -0.39 is 17.6 Å². The quantitative estimate of drug-likeness (QED) is 0.876. The Morgan fingerprint density at radius 3 is 2.76 bits per heavy atom. The molecule has 1 aromatic carbocycles. The molecule has 1 saturated heterocycles. The topological polar surface area (TPSA) is 46.5 Å². The van der Waals surface area contributed by atoms with E-state index in [-0.39, 0.29) is 19.4 Å². The Morgan fingerprint density at radius 2 is 2.18 bits per heavy atom. The Kier molecular flexibility index (Phi) is 3.43. The van der Waals surface area contributed by atoms with Gasteiger partial charge in [-0.2, -0.15) is 0 Å². The highest BCUT2D eigenvalue weighted by molar-refractivity contribution is 5.76. The van der Waals surface area contributed by atoms with E-state index >= 15 is 0 Å². The van der Waals surface area contributed by atoms with Crippen molar-refractivity contribution in [3.63, 3.8) is 0 Å². The Balaban J connectivity index is 2.25. The maximum Gasteiger partial charge on any atom is 0.313 e. The van der Waals surface area contributed by atoms with Crippen molar-refractivity contribution in [2.45, 2.75) is 19.0 Å². The first-order valence-corrected chi connectivity index (χ1v) is 5.64. The molecule has 1 aliphatic heterocycles. The first-order chi connectivity index (χ1) is 8.15. The highest BCUT2D eigenvalue weighted by Gasteiger charge is 2.48. The molecule has 0 amide bonds. The second-order valence-electron chi connectivity index (χ2n) is 4.42. The lowest BCUT2D eigenvalue weighted by molar-refractivity contribution is -0.163. The number of carboxylic acids is 1. The smallest absolute Gasteiger partial charge is 0.313 e. The van der Waals surface area contributed by atoms with Gasteiger partial charge < -0.3 is 9.84 Å². The highest BCUT2D eigenvalue weighted by atomic mass is 19.1. The van der Waals surface area contributed by atoms with Crippen LogP contribution in [0.5, 0.6) is 0 Å². The fraction of sp³-hybridized carbons (Fsp3) is 0.462. The van der Waals surface area contributed by atoms with Gasteiger partial charge >= 0.3 is 5.97 Å². The largest absolute Gasteiger partial charge is 0.481 e. The molecule has 92 valence electrons. The van der Waals surface area contributed by atoms with Crippen molar-refractivity contribution in [1.29, 1.82) is 0 Å². The molecule has 0 spiro atoms. The highest BCUT2D eigenvalue weighted by Crippen LogP contribution is 2.36. The fourth-order valence-electron chi connectivity index (χ4n) is 2.23. The van der Waals surface area contributed by atoms with Crippen molar-refractivity contribution in [3.05, 3.63) is 35.9 Å². The number of halogens is 1. The summed E-state index contributed by atoms with van der Waals surface area (Å²) in [6, 6.07) is 9.17. The van der Waals surface area contributed by atoms with E-state index in [1.165, 1.54) is 0 Å². The molecule has 2 rings (SSSR count). The van der Waals surface area contributed by atoms with Crippen molar-refractivity contribution in [1.82, 2.24) is 0 Å². The molecule has 1 N–H and O–H groups in total. The van der Waals surface area contributed by atoms with Crippen molar-refractivity contribution in [2.75, 3.05) is 13.2 Å².